The van der Waals surface area contributed by atoms with E-state index in [1.54, 1.807) is 0 Å². The zero-order valence-electron chi connectivity index (χ0n) is 11.2. The van der Waals surface area contributed by atoms with Crippen molar-refractivity contribution >= 4 is 11.8 Å². The van der Waals surface area contributed by atoms with Crippen LogP contribution in [0.3, 0.4) is 0 Å². The Morgan fingerprint density at radius 3 is 2.83 bits per heavy atom. The van der Waals surface area contributed by atoms with Crippen LogP contribution in [-0.2, 0) is 9.59 Å². The van der Waals surface area contributed by atoms with Gasteiger partial charge in [-0.25, -0.2) is 0 Å². The van der Waals surface area contributed by atoms with E-state index >= 15 is 0 Å². The lowest BCUT2D eigenvalue weighted by Gasteiger charge is -2.42. The number of hydrogen-bond acceptors (Lipinski definition) is 3. The van der Waals surface area contributed by atoms with Gasteiger partial charge in [-0.3, -0.25) is 9.59 Å². The summed E-state index contributed by atoms with van der Waals surface area (Å²) in [7, 11) is 0. The molecule has 4 unspecified atom stereocenters. The van der Waals surface area contributed by atoms with Crippen LogP contribution in [0.15, 0.2) is 0 Å². The van der Waals surface area contributed by atoms with Gasteiger partial charge in [-0.15, -0.1) is 0 Å². The second-order valence-corrected chi connectivity index (χ2v) is 5.69. The van der Waals surface area contributed by atoms with Gasteiger partial charge in [-0.05, 0) is 25.7 Å². The Hall–Kier alpha value is -1.10. The Morgan fingerprint density at radius 1 is 1.44 bits per heavy atom. The zero-order chi connectivity index (χ0) is 13.3. The van der Waals surface area contributed by atoms with E-state index in [0.717, 1.165) is 25.9 Å². The number of likely N-dealkylation sites (tertiary alicyclic amines) is 1. The molecule has 18 heavy (non-hydrogen) atoms. The van der Waals surface area contributed by atoms with E-state index < -0.39 is 0 Å². The first kappa shape index (κ1) is 13.3. The fourth-order valence-electron chi connectivity index (χ4n) is 2.82. The van der Waals surface area contributed by atoms with Crippen molar-refractivity contribution in [3.63, 3.8) is 0 Å². The first-order chi connectivity index (χ1) is 8.49. The van der Waals surface area contributed by atoms with Crippen molar-refractivity contribution in [2.45, 2.75) is 45.2 Å². The summed E-state index contributed by atoms with van der Waals surface area (Å²) in [6.07, 6.45) is 2.35. The van der Waals surface area contributed by atoms with E-state index in [0.29, 0.717) is 12.3 Å². The van der Waals surface area contributed by atoms with Gasteiger partial charge >= 0.3 is 0 Å². The van der Waals surface area contributed by atoms with Crippen LogP contribution in [-0.4, -0.2) is 41.9 Å². The first-order valence-electron chi connectivity index (χ1n) is 6.82. The van der Waals surface area contributed by atoms with Crippen molar-refractivity contribution in [3.8, 4) is 0 Å². The summed E-state index contributed by atoms with van der Waals surface area (Å²) in [5.41, 5.74) is 5.79. The molecular weight excluding hydrogens is 230 g/mol. The Labute approximate surface area is 108 Å². The third-order valence-corrected chi connectivity index (χ3v) is 4.31. The smallest absolute Gasteiger partial charge is 0.226 e. The van der Waals surface area contributed by atoms with Crippen LogP contribution in [0.25, 0.3) is 0 Å². The lowest BCUT2D eigenvalue weighted by molar-refractivity contribution is -0.138. The maximum absolute atomic E-state index is 12.2. The predicted molar refractivity (Wildman–Crippen MR) is 68.7 cm³/mol. The van der Waals surface area contributed by atoms with Crippen LogP contribution >= 0.6 is 0 Å². The van der Waals surface area contributed by atoms with E-state index in [1.165, 1.54) is 0 Å². The van der Waals surface area contributed by atoms with Gasteiger partial charge < -0.3 is 16.0 Å². The van der Waals surface area contributed by atoms with Crippen molar-refractivity contribution in [1.82, 2.24) is 10.2 Å². The maximum Gasteiger partial charge on any atom is 0.226 e. The molecule has 2 fully saturated rings. The van der Waals surface area contributed by atoms with Crippen LogP contribution in [0.5, 0.6) is 0 Å². The Kier molecular flexibility index (Phi) is 3.90. The van der Waals surface area contributed by atoms with Gasteiger partial charge in [0, 0.05) is 31.6 Å². The first-order valence-corrected chi connectivity index (χ1v) is 6.82. The summed E-state index contributed by atoms with van der Waals surface area (Å²) >= 11 is 0. The summed E-state index contributed by atoms with van der Waals surface area (Å²) in [4.78, 5) is 25.5. The number of nitrogens with two attached hydrogens (primary N) is 1. The number of piperidine rings is 2. The van der Waals surface area contributed by atoms with Gasteiger partial charge in [0.05, 0.1) is 5.92 Å². The summed E-state index contributed by atoms with van der Waals surface area (Å²) in [6, 6.07) is 0.155. The number of carbonyl (C=O) groups excluding carboxylic acids is 2. The molecule has 2 amide bonds. The van der Waals surface area contributed by atoms with Crippen LogP contribution < -0.4 is 11.1 Å². The highest BCUT2D eigenvalue weighted by Gasteiger charge is 2.36. The second kappa shape index (κ2) is 5.26. The topological polar surface area (TPSA) is 75.4 Å². The third-order valence-electron chi connectivity index (χ3n) is 4.31. The van der Waals surface area contributed by atoms with E-state index in [2.05, 4.69) is 5.32 Å². The van der Waals surface area contributed by atoms with E-state index in [4.69, 9.17) is 5.73 Å². The third kappa shape index (κ3) is 2.66. The average molecular weight is 253 g/mol. The maximum atomic E-state index is 12.2. The molecule has 4 atom stereocenters. The Balaban J connectivity index is 1.95. The predicted octanol–water partition coefficient (Wildman–Crippen LogP) is 0.0968. The molecule has 3 N–H and O–H groups in total. The molecule has 2 rings (SSSR count). The van der Waals surface area contributed by atoms with Crippen molar-refractivity contribution in [3.05, 3.63) is 0 Å². The van der Waals surface area contributed by atoms with Gasteiger partial charge in [-0.1, -0.05) is 6.92 Å². The summed E-state index contributed by atoms with van der Waals surface area (Å²) in [5, 5.41) is 3.03. The highest BCUT2D eigenvalue weighted by atomic mass is 16.2. The van der Waals surface area contributed by atoms with Crippen molar-refractivity contribution in [2.75, 3.05) is 13.1 Å². The highest BCUT2D eigenvalue weighted by Crippen LogP contribution is 2.26. The summed E-state index contributed by atoms with van der Waals surface area (Å²) in [5.74, 6) is 0.598. The number of carbonyl (C=O) groups is 2. The normalized spacial score (nSPS) is 31.3. The summed E-state index contributed by atoms with van der Waals surface area (Å²) in [6.45, 7) is 5.26. The zero-order valence-corrected chi connectivity index (χ0v) is 11.2. The molecule has 5 nitrogen and oxygen atoms in total. The van der Waals surface area contributed by atoms with Gasteiger partial charge in [0.25, 0.3) is 0 Å². The van der Waals surface area contributed by atoms with Crippen LogP contribution in [0, 0.1) is 11.8 Å². The standard InChI is InChI=1S/C13H23N3O2/c1-8(9(2)14)13(18)16-6-5-11-10(7-16)3-4-12(17)15-11/h8-11H,3-7,14H2,1-2H3,(H,15,17). The van der Waals surface area contributed by atoms with Gasteiger partial charge in [0.15, 0.2) is 0 Å². The molecule has 5 heteroatoms. The molecule has 0 bridgehead atoms. The molecule has 0 radical (unpaired) electrons. The number of nitrogens with zero attached hydrogens (tertiary/aromatic N) is 1. The molecule has 2 aliphatic heterocycles. The number of fused-ring (bicyclic) bond motifs is 1. The van der Waals surface area contributed by atoms with Crippen LogP contribution in [0.2, 0.25) is 0 Å². The number of amides is 2. The van der Waals surface area contributed by atoms with Gasteiger partial charge in [0.1, 0.15) is 0 Å². The minimum absolute atomic E-state index is 0.110. The van der Waals surface area contributed by atoms with Gasteiger partial charge in [-0.2, -0.15) is 0 Å². The molecule has 102 valence electrons. The number of rotatable bonds is 2. The number of hydrogen-bond donors (Lipinski definition) is 2. The van der Waals surface area contributed by atoms with Crippen LogP contribution in [0.4, 0.5) is 0 Å². The molecule has 2 aliphatic rings. The quantitative estimate of drug-likeness (QED) is 0.732. The molecule has 2 saturated heterocycles. The molecule has 0 spiro atoms. The highest BCUT2D eigenvalue weighted by molar-refractivity contribution is 5.80. The monoisotopic (exact) mass is 253 g/mol. The molecule has 0 aromatic heterocycles. The molecule has 0 saturated carbocycles. The SMILES string of the molecule is CC(N)C(C)C(=O)N1CCC2NC(=O)CCC2C1. The molecule has 0 aromatic carbocycles. The minimum Gasteiger partial charge on any atom is -0.353 e. The fourth-order valence-corrected chi connectivity index (χ4v) is 2.82. The average Bonchev–Trinajstić information content (AvgIpc) is 2.36. The van der Waals surface area contributed by atoms with E-state index in [1.807, 2.05) is 18.7 Å². The molecule has 0 aromatic rings. The van der Waals surface area contributed by atoms with Crippen LogP contribution in [0.1, 0.15) is 33.1 Å². The summed E-state index contributed by atoms with van der Waals surface area (Å²) < 4.78 is 0. The lowest BCUT2D eigenvalue weighted by Crippen LogP contribution is -2.56. The Morgan fingerprint density at radius 2 is 2.17 bits per heavy atom. The molecule has 0 aliphatic carbocycles. The largest absolute Gasteiger partial charge is 0.353 e. The minimum atomic E-state index is -0.125. The van der Waals surface area contributed by atoms with Crippen molar-refractivity contribution < 1.29 is 9.59 Å². The van der Waals surface area contributed by atoms with Crippen molar-refractivity contribution in [2.24, 2.45) is 17.6 Å². The lowest BCUT2D eigenvalue weighted by atomic mass is 9.84. The Bertz CT molecular complexity index is 343. The van der Waals surface area contributed by atoms with Gasteiger partial charge in [0.2, 0.25) is 11.8 Å². The van der Waals surface area contributed by atoms with E-state index in [9.17, 15) is 9.59 Å². The van der Waals surface area contributed by atoms with E-state index in [-0.39, 0.29) is 29.8 Å². The fraction of sp³-hybridized carbons (Fsp3) is 0.846. The van der Waals surface area contributed by atoms with Crippen molar-refractivity contribution in [1.29, 1.82) is 0 Å². The molecule has 2 heterocycles. The second-order valence-electron chi connectivity index (χ2n) is 5.69. The number of nitrogens with one attached hydrogen (secondary N) is 1. The molecular formula is C13H23N3O2.